The number of benzene rings is 1. The van der Waals surface area contributed by atoms with Crippen LogP contribution in [0.25, 0.3) is 0 Å². The Morgan fingerprint density at radius 3 is 2.53 bits per heavy atom. The molecule has 9 heteroatoms. The third-order valence-electron chi connectivity index (χ3n) is 2.01. The van der Waals surface area contributed by atoms with Crippen molar-refractivity contribution in [3.05, 3.63) is 39.7 Å². The average Bonchev–Trinajstić information content (AvgIpc) is 2.38. The maximum Gasteiger partial charge on any atom is 0.321 e. The lowest BCUT2D eigenvalue weighted by Crippen LogP contribution is -1.96. The summed E-state index contributed by atoms with van der Waals surface area (Å²) in [7, 11) is 1.42. The number of nitro benzene ring substituents is 1. The summed E-state index contributed by atoms with van der Waals surface area (Å²) >= 11 is 6.92. The predicted octanol–water partition coefficient (Wildman–Crippen LogP) is 2.59. The van der Waals surface area contributed by atoms with Crippen molar-refractivity contribution in [2.45, 2.75) is 10.1 Å². The molecule has 98 valence electrons. The summed E-state index contributed by atoms with van der Waals surface area (Å²) in [6.07, 6.45) is 0. The fourth-order valence-corrected chi connectivity index (χ4v) is 2.13. The van der Waals surface area contributed by atoms with Crippen LogP contribution < -0.4 is 4.74 Å². The Bertz CT molecular complexity index is 608. The first-order valence-corrected chi connectivity index (χ1v) is 6.16. The maximum atomic E-state index is 10.5. The predicted molar refractivity (Wildman–Crippen MR) is 68.6 cm³/mol. The Labute approximate surface area is 117 Å². The lowest BCUT2D eigenvalue weighted by Gasteiger charge is -2.02. The minimum atomic E-state index is -0.461. The lowest BCUT2D eigenvalue weighted by atomic mass is 10.3. The quantitative estimate of drug-likeness (QED) is 0.632. The zero-order valence-corrected chi connectivity index (χ0v) is 11.2. The smallest absolute Gasteiger partial charge is 0.321 e. The van der Waals surface area contributed by atoms with Gasteiger partial charge in [-0.25, -0.2) is 0 Å². The number of hydrogen-bond acceptors (Lipinski definition) is 7. The van der Waals surface area contributed by atoms with Crippen LogP contribution in [0.15, 0.2) is 34.3 Å². The fourth-order valence-electron chi connectivity index (χ4n) is 1.19. The summed E-state index contributed by atoms with van der Waals surface area (Å²) in [4.78, 5) is 22.5. The highest BCUT2D eigenvalue weighted by Gasteiger charge is 2.09. The van der Waals surface area contributed by atoms with Crippen molar-refractivity contribution in [3.63, 3.8) is 0 Å². The van der Waals surface area contributed by atoms with Gasteiger partial charge in [-0.2, -0.15) is 15.0 Å². The third kappa shape index (κ3) is 3.52. The fraction of sp³-hybridized carbons (Fsp3) is 0.100. The van der Waals surface area contributed by atoms with Crippen LogP contribution in [0, 0.1) is 10.1 Å². The zero-order valence-electron chi connectivity index (χ0n) is 9.61. The molecule has 0 saturated carbocycles. The first-order valence-electron chi connectivity index (χ1n) is 4.96. The number of rotatable bonds is 4. The summed E-state index contributed by atoms with van der Waals surface area (Å²) in [5.41, 5.74) is 0.0237. The van der Waals surface area contributed by atoms with Crippen molar-refractivity contribution in [3.8, 4) is 6.01 Å². The average molecular weight is 299 g/mol. The number of aromatic nitrogens is 3. The van der Waals surface area contributed by atoms with E-state index in [1.54, 1.807) is 12.1 Å². The SMILES string of the molecule is COc1nc(Cl)nc(Sc2ccc([N+](=O)[O-])cc2)n1. The van der Waals surface area contributed by atoms with Crippen LogP contribution in [0.4, 0.5) is 5.69 Å². The van der Waals surface area contributed by atoms with E-state index < -0.39 is 4.92 Å². The number of non-ortho nitro benzene ring substituents is 1. The highest BCUT2D eigenvalue weighted by molar-refractivity contribution is 7.99. The van der Waals surface area contributed by atoms with Gasteiger partial charge in [0, 0.05) is 17.0 Å². The molecule has 0 unspecified atom stereocenters. The molecule has 0 aliphatic heterocycles. The molecule has 0 spiro atoms. The molecule has 0 aliphatic carbocycles. The first kappa shape index (κ1) is 13.5. The zero-order chi connectivity index (χ0) is 13.8. The minimum Gasteiger partial charge on any atom is -0.467 e. The normalized spacial score (nSPS) is 10.2. The molecule has 0 fully saturated rings. The molecule has 19 heavy (non-hydrogen) atoms. The van der Waals surface area contributed by atoms with Crippen LogP contribution in [0.5, 0.6) is 6.01 Å². The summed E-state index contributed by atoms with van der Waals surface area (Å²) in [5, 5.41) is 10.9. The van der Waals surface area contributed by atoms with Gasteiger partial charge in [-0.05, 0) is 35.5 Å². The molecule has 7 nitrogen and oxygen atoms in total. The van der Waals surface area contributed by atoms with E-state index in [4.69, 9.17) is 16.3 Å². The molecule has 0 atom stereocenters. The molecule has 0 radical (unpaired) electrons. The van der Waals surface area contributed by atoms with Gasteiger partial charge in [0.2, 0.25) is 5.28 Å². The van der Waals surface area contributed by atoms with Crippen LogP contribution >= 0.6 is 23.4 Å². The summed E-state index contributed by atoms with van der Waals surface area (Å²) in [5.74, 6) is 0. The van der Waals surface area contributed by atoms with E-state index in [2.05, 4.69) is 15.0 Å². The second-order valence-electron chi connectivity index (χ2n) is 3.23. The van der Waals surface area contributed by atoms with Crippen LogP contribution in [-0.2, 0) is 0 Å². The van der Waals surface area contributed by atoms with Gasteiger partial charge in [0.05, 0.1) is 12.0 Å². The van der Waals surface area contributed by atoms with Crippen molar-refractivity contribution < 1.29 is 9.66 Å². The Morgan fingerprint density at radius 1 is 1.26 bits per heavy atom. The highest BCUT2D eigenvalue weighted by Crippen LogP contribution is 2.27. The van der Waals surface area contributed by atoms with Gasteiger partial charge in [-0.1, -0.05) is 0 Å². The second kappa shape index (κ2) is 5.81. The number of ether oxygens (including phenoxy) is 1. The number of nitrogens with zero attached hydrogens (tertiary/aromatic N) is 4. The monoisotopic (exact) mass is 298 g/mol. The summed E-state index contributed by atoms with van der Waals surface area (Å²) in [6, 6.07) is 6.13. The van der Waals surface area contributed by atoms with E-state index >= 15 is 0 Å². The number of nitro groups is 1. The van der Waals surface area contributed by atoms with E-state index in [1.165, 1.54) is 31.0 Å². The molecule has 2 rings (SSSR count). The van der Waals surface area contributed by atoms with Gasteiger partial charge >= 0.3 is 6.01 Å². The van der Waals surface area contributed by atoms with E-state index in [9.17, 15) is 10.1 Å². The van der Waals surface area contributed by atoms with Gasteiger partial charge in [-0.15, -0.1) is 0 Å². The van der Waals surface area contributed by atoms with Crippen molar-refractivity contribution in [2.24, 2.45) is 0 Å². The Hall–Kier alpha value is -1.93. The molecule has 2 aromatic rings. The Kier molecular flexibility index (Phi) is 4.13. The largest absolute Gasteiger partial charge is 0.467 e. The van der Waals surface area contributed by atoms with E-state index in [-0.39, 0.29) is 17.0 Å². The topological polar surface area (TPSA) is 91.0 Å². The Balaban J connectivity index is 2.21. The minimum absolute atomic E-state index is 0.0237. The van der Waals surface area contributed by atoms with Crippen LogP contribution in [0.1, 0.15) is 0 Å². The third-order valence-corrected chi connectivity index (χ3v) is 3.05. The van der Waals surface area contributed by atoms with Gasteiger partial charge in [0.1, 0.15) is 0 Å². The van der Waals surface area contributed by atoms with Crippen LogP contribution in [0.2, 0.25) is 5.28 Å². The number of halogens is 1. The van der Waals surface area contributed by atoms with Crippen LogP contribution in [-0.4, -0.2) is 27.0 Å². The molecule has 0 bridgehead atoms. The number of hydrogen-bond donors (Lipinski definition) is 0. The van der Waals surface area contributed by atoms with Gasteiger partial charge in [-0.3, -0.25) is 10.1 Å². The Morgan fingerprint density at radius 2 is 1.95 bits per heavy atom. The summed E-state index contributed by atoms with van der Waals surface area (Å²) < 4.78 is 4.87. The molecule has 1 aromatic heterocycles. The molecular weight excluding hydrogens is 292 g/mol. The van der Waals surface area contributed by atoms with E-state index in [0.717, 1.165) is 4.90 Å². The maximum absolute atomic E-state index is 10.5. The lowest BCUT2D eigenvalue weighted by molar-refractivity contribution is -0.384. The van der Waals surface area contributed by atoms with Crippen molar-refractivity contribution in [2.75, 3.05) is 7.11 Å². The molecule has 1 heterocycles. The standard InChI is InChI=1S/C10H7ClN4O3S/c1-18-9-12-8(11)13-10(14-9)19-7-4-2-6(3-5-7)15(16)17/h2-5H,1H3. The van der Waals surface area contributed by atoms with Crippen molar-refractivity contribution in [1.29, 1.82) is 0 Å². The number of methoxy groups -OCH3 is 1. The molecule has 0 saturated heterocycles. The van der Waals surface area contributed by atoms with E-state index in [0.29, 0.717) is 5.16 Å². The first-order chi connectivity index (χ1) is 9.08. The van der Waals surface area contributed by atoms with Crippen molar-refractivity contribution in [1.82, 2.24) is 15.0 Å². The van der Waals surface area contributed by atoms with E-state index in [1.807, 2.05) is 0 Å². The molecule has 1 aromatic carbocycles. The molecular formula is C10H7ClN4O3S. The molecule has 0 N–H and O–H groups in total. The second-order valence-corrected chi connectivity index (χ2v) is 4.61. The molecule has 0 aliphatic rings. The van der Waals surface area contributed by atoms with Crippen LogP contribution in [0.3, 0.4) is 0 Å². The molecule has 0 amide bonds. The van der Waals surface area contributed by atoms with Crippen molar-refractivity contribution >= 4 is 29.1 Å². The van der Waals surface area contributed by atoms with Gasteiger partial charge in [0.25, 0.3) is 5.69 Å². The van der Waals surface area contributed by atoms with Gasteiger partial charge < -0.3 is 4.74 Å². The summed E-state index contributed by atoms with van der Waals surface area (Å²) in [6.45, 7) is 0. The highest BCUT2D eigenvalue weighted by atomic mass is 35.5. The van der Waals surface area contributed by atoms with Gasteiger partial charge in [0.15, 0.2) is 5.16 Å².